The Morgan fingerprint density at radius 2 is 2.38 bits per heavy atom. The Labute approximate surface area is 102 Å². The normalized spacial score (nSPS) is 10.6. The van der Waals surface area contributed by atoms with E-state index in [1.807, 2.05) is 13.0 Å². The smallest absolute Gasteiger partial charge is 0.251 e. The van der Waals surface area contributed by atoms with Crippen molar-refractivity contribution in [2.45, 2.75) is 13.3 Å². The van der Waals surface area contributed by atoms with Crippen LogP contribution in [0.1, 0.15) is 23.7 Å². The van der Waals surface area contributed by atoms with Crippen molar-refractivity contribution in [3.05, 3.63) is 28.2 Å². The largest absolute Gasteiger partial charge is 0.352 e. The SMILES string of the molecule is CCCNC(=O)c1ccc2sc(Cl)nc2c1. The highest BCUT2D eigenvalue weighted by molar-refractivity contribution is 7.22. The molecule has 0 fully saturated rings. The van der Waals surface area contributed by atoms with Gasteiger partial charge in [-0.15, -0.1) is 11.3 Å². The molecule has 0 spiro atoms. The Kier molecular flexibility index (Phi) is 3.41. The summed E-state index contributed by atoms with van der Waals surface area (Å²) in [7, 11) is 0. The van der Waals surface area contributed by atoms with E-state index < -0.39 is 0 Å². The predicted molar refractivity (Wildman–Crippen MR) is 67.3 cm³/mol. The van der Waals surface area contributed by atoms with E-state index >= 15 is 0 Å². The summed E-state index contributed by atoms with van der Waals surface area (Å²) in [6, 6.07) is 5.43. The van der Waals surface area contributed by atoms with Gasteiger partial charge in [0.05, 0.1) is 10.2 Å². The number of fused-ring (bicyclic) bond motifs is 1. The Balaban J connectivity index is 2.28. The van der Waals surface area contributed by atoms with Gasteiger partial charge in [-0.2, -0.15) is 0 Å². The van der Waals surface area contributed by atoms with Crippen molar-refractivity contribution >= 4 is 39.1 Å². The minimum absolute atomic E-state index is 0.0622. The van der Waals surface area contributed by atoms with E-state index in [4.69, 9.17) is 11.6 Å². The lowest BCUT2D eigenvalue weighted by atomic mass is 10.2. The van der Waals surface area contributed by atoms with Gasteiger partial charge >= 0.3 is 0 Å². The quantitative estimate of drug-likeness (QED) is 0.915. The molecule has 0 radical (unpaired) electrons. The third kappa shape index (κ3) is 2.33. The number of carbonyl (C=O) groups excluding carboxylic acids is 1. The highest BCUT2D eigenvalue weighted by atomic mass is 35.5. The molecule has 1 aromatic heterocycles. The molecule has 5 heteroatoms. The molecule has 0 unspecified atom stereocenters. The molecular formula is C11H11ClN2OS. The van der Waals surface area contributed by atoms with E-state index in [1.165, 1.54) is 11.3 Å². The molecule has 0 saturated heterocycles. The van der Waals surface area contributed by atoms with Gasteiger partial charge < -0.3 is 5.32 Å². The molecule has 0 aliphatic rings. The molecule has 1 N–H and O–H groups in total. The molecular weight excluding hydrogens is 244 g/mol. The molecule has 84 valence electrons. The fourth-order valence-corrected chi connectivity index (χ4v) is 2.39. The van der Waals surface area contributed by atoms with Gasteiger partial charge in [-0.05, 0) is 24.6 Å². The van der Waals surface area contributed by atoms with E-state index in [-0.39, 0.29) is 5.91 Å². The van der Waals surface area contributed by atoms with Gasteiger partial charge in [0, 0.05) is 12.1 Å². The second-order valence-electron chi connectivity index (χ2n) is 3.41. The van der Waals surface area contributed by atoms with E-state index in [9.17, 15) is 4.79 Å². The van der Waals surface area contributed by atoms with Crippen molar-refractivity contribution in [1.82, 2.24) is 10.3 Å². The Hall–Kier alpha value is -1.13. The molecule has 1 amide bonds. The summed E-state index contributed by atoms with van der Waals surface area (Å²) in [5.41, 5.74) is 1.40. The summed E-state index contributed by atoms with van der Waals surface area (Å²) in [5, 5.41) is 2.82. The van der Waals surface area contributed by atoms with Crippen LogP contribution in [0.25, 0.3) is 10.2 Å². The van der Waals surface area contributed by atoms with Crippen LogP contribution in [0.4, 0.5) is 0 Å². The molecule has 1 aromatic carbocycles. The fourth-order valence-electron chi connectivity index (χ4n) is 1.38. The van der Waals surface area contributed by atoms with Gasteiger partial charge in [-0.1, -0.05) is 18.5 Å². The summed E-state index contributed by atoms with van der Waals surface area (Å²) in [6.45, 7) is 2.71. The molecule has 0 saturated carbocycles. The van der Waals surface area contributed by atoms with Crippen molar-refractivity contribution in [3.63, 3.8) is 0 Å². The zero-order chi connectivity index (χ0) is 11.5. The van der Waals surface area contributed by atoms with E-state index in [1.54, 1.807) is 12.1 Å². The molecule has 0 aliphatic carbocycles. The van der Waals surface area contributed by atoms with Crippen LogP contribution in [0.15, 0.2) is 18.2 Å². The van der Waals surface area contributed by atoms with E-state index in [0.29, 0.717) is 16.6 Å². The van der Waals surface area contributed by atoms with Crippen LogP contribution in [0.2, 0.25) is 4.47 Å². The number of aromatic nitrogens is 1. The van der Waals surface area contributed by atoms with Crippen LogP contribution >= 0.6 is 22.9 Å². The van der Waals surface area contributed by atoms with Crippen molar-refractivity contribution in [2.75, 3.05) is 6.54 Å². The number of benzene rings is 1. The summed E-state index contributed by atoms with van der Waals surface area (Å²) < 4.78 is 1.50. The summed E-state index contributed by atoms with van der Waals surface area (Å²) in [4.78, 5) is 15.8. The molecule has 3 nitrogen and oxygen atoms in total. The molecule has 0 bridgehead atoms. The zero-order valence-corrected chi connectivity index (χ0v) is 10.4. The summed E-state index contributed by atoms with van der Waals surface area (Å²) in [6.07, 6.45) is 0.927. The lowest BCUT2D eigenvalue weighted by Crippen LogP contribution is -2.23. The molecule has 0 aliphatic heterocycles. The third-order valence-electron chi connectivity index (χ3n) is 2.16. The summed E-state index contributed by atoms with van der Waals surface area (Å²) in [5.74, 6) is -0.0622. The van der Waals surface area contributed by atoms with Crippen molar-refractivity contribution in [2.24, 2.45) is 0 Å². The number of halogens is 1. The van der Waals surface area contributed by atoms with Gasteiger partial charge in [0.15, 0.2) is 4.47 Å². The second kappa shape index (κ2) is 4.80. The van der Waals surface area contributed by atoms with Crippen LogP contribution < -0.4 is 5.32 Å². The zero-order valence-electron chi connectivity index (χ0n) is 8.79. The number of rotatable bonds is 3. The van der Waals surface area contributed by atoms with Crippen molar-refractivity contribution in [1.29, 1.82) is 0 Å². The number of hydrogen-bond donors (Lipinski definition) is 1. The van der Waals surface area contributed by atoms with E-state index in [0.717, 1.165) is 16.6 Å². The first-order chi connectivity index (χ1) is 7.70. The van der Waals surface area contributed by atoms with Crippen molar-refractivity contribution < 1.29 is 4.79 Å². The van der Waals surface area contributed by atoms with Gasteiger partial charge in [0.2, 0.25) is 0 Å². The van der Waals surface area contributed by atoms with Gasteiger partial charge in [0.25, 0.3) is 5.91 Å². The average molecular weight is 255 g/mol. The number of carbonyl (C=O) groups is 1. The van der Waals surface area contributed by atoms with Gasteiger partial charge in [-0.25, -0.2) is 4.98 Å². The Morgan fingerprint density at radius 1 is 1.56 bits per heavy atom. The number of amides is 1. The van der Waals surface area contributed by atoms with Crippen molar-refractivity contribution in [3.8, 4) is 0 Å². The Bertz CT molecular complexity index is 524. The standard InChI is InChI=1S/C11H11ClN2OS/c1-2-5-13-10(15)7-3-4-9-8(6-7)14-11(12)16-9/h3-4,6H,2,5H2,1H3,(H,13,15). The van der Waals surface area contributed by atoms with E-state index in [2.05, 4.69) is 10.3 Å². The first-order valence-electron chi connectivity index (χ1n) is 5.05. The molecule has 16 heavy (non-hydrogen) atoms. The monoisotopic (exact) mass is 254 g/mol. The van der Waals surface area contributed by atoms with Gasteiger partial charge in [0.1, 0.15) is 0 Å². The highest BCUT2D eigenvalue weighted by Gasteiger charge is 2.07. The lowest BCUT2D eigenvalue weighted by Gasteiger charge is -2.02. The number of thiazole rings is 1. The number of nitrogens with one attached hydrogen (secondary N) is 1. The highest BCUT2D eigenvalue weighted by Crippen LogP contribution is 2.26. The number of hydrogen-bond acceptors (Lipinski definition) is 3. The number of nitrogens with zero attached hydrogens (tertiary/aromatic N) is 1. The molecule has 1 heterocycles. The maximum atomic E-state index is 11.7. The molecule has 2 rings (SSSR count). The summed E-state index contributed by atoms with van der Waals surface area (Å²) >= 11 is 7.22. The fraction of sp³-hybridized carbons (Fsp3) is 0.273. The van der Waals surface area contributed by atoms with Crippen LogP contribution in [0.5, 0.6) is 0 Å². The molecule has 2 aromatic rings. The van der Waals surface area contributed by atoms with Crippen LogP contribution in [0.3, 0.4) is 0 Å². The van der Waals surface area contributed by atoms with Crippen LogP contribution in [-0.2, 0) is 0 Å². The van der Waals surface area contributed by atoms with Gasteiger partial charge in [-0.3, -0.25) is 4.79 Å². The first-order valence-corrected chi connectivity index (χ1v) is 6.24. The minimum Gasteiger partial charge on any atom is -0.352 e. The Morgan fingerprint density at radius 3 is 3.12 bits per heavy atom. The van der Waals surface area contributed by atoms with Crippen LogP contribution in [-0.4, -0.2) is 17.4 Å². The second-order valence-corrected chi connectivity index (χ2v) is 5.02. The first kappa shape index (κ1) is 11.4. The maximum absolute atomic E-state index is 11.7. The van der Waals surface area contributed by atoms with Crippen LogP contribution in [0, 0.1) is 0 Å². The lowest BCUT2D eigenvalue weighted by molar-refractivity contribution is 0.0954. The topological polar surface area (TPSA) is 42.0 Å². The maximum Gasteiger partial charge on any atom is 0.251 e. The third-order valence-corrected chi connectivity index (χ3v) is 3.30. The minimum atomic E-state index is -0.0622. The predicted octanol–water partition coefficient (Wildman–Crippen LogP) is 3.09. The average Bonchev–Trinajstić information content (AvgIpc) is 2.64. The molecule has 0 atom stereocenters.